The minimum Gasteiger partial charge on any atom is -0.310 e. The highest BCUT2D eigenvalue weighted by atomic mass is 19.4. The second-order valence-corrected chi connectivity index (χ2v) is 5.01. The largest absolute Gasteiger partial charge is 0.393 e. The first-order chi connectivity index (χ1) is 9.81. The first-order valence-electron chi connectivity index (χ1n) is 6.23. The van der Waals surface area contributed by atoms with Crippen molar-refractivity contribution in [2.45, 2.75) is 6.18 Å². The Morgan fingerprint density at radius 2 is 2.19 bits per heavy atom. The van der Waals surface area contributed by atoms with Gasteiger partial charge in [-0.3, -0.25) is 4.79 Å². The molecule has 8 heteroatoms. The van der Waals surface area contributed by atoms with E-state index in [1.165, 1.54) is 23.2 Å². The van der Waals surface area contributed by atoms with Crippen LogP contribution in [-0.2, 0) is 4.79 Å². The number of carbonyl (C=O) groups is 1. The molecule has 0 aromatic carbocycles. The van der Waals surface area contributed by atoms with Gasteiger partial charge < -0.3 is 10.2 Å². The summed E-state index contributed by atoms with van der Waals surface area (Å²) in [5.41, 5.74) is 0.307. The first kappa shape index (κ1) is 15.3. The lowest BCUT2D eigenvalue weighted by Crippen LogP contribution is -2.36. The Kier molecular flexibility index (Phi) is 4.14. The lowest BCUT2D eigenvalue weighted by molar-refractivity contribution is -0.182. The second-order valence-electron chi connectivity index (χ2n) is 5.01. The molecule has 21 heavy (non-hydrogen) atoms. The maximum atomic E-state index is 12.9. The smallest absolute Gasteiger partial charge is 0.310 e. The topological polar surface area (TPSA) is 69.0 Å². The van der Waals surface area contributed by atoms with Crippen molar-refractivity contribution in [1.82, 2.24) is 9.88 Å². The Labute approximate surface area is 119 Å². The summed E-state index contributed by atoms with van der Waals surface area (Å²) >= 11 is 0. The lowest BCUT2D eigenvalue weighted by Gasteiger charge is -2.20. The number of alkyl halides is 3. The molecule has 112 valence electrons. The molecular weight excluding hydrogens is 285 g/mol. The Hall–Kier alpha value is -2.14. The fourth-order valence-electron chi connectivity index (χ4n) is 2.35. The number of hydrogen-bond acceptors (Lipinski definition) is 4. The molecule has 0 unspecified atom stereocenters. The summed E-state index contributed by atoms with van der Waals surface area (Å²) in [6.45, 7) is -0.144. The van der Waals surface area contributed by atoms with Crippen molar-refractivity contribution in [1.29, 1.82) is 5.26 Å². The van der Waals surface area contributed by atoms with E-state index >= 15 is 0 Å². The zero-order valence-corrected chi connectivity index (χ0v) is 11.2. The Balaban J connectivity index is 2.09. The molecular formula is C13H13F3N4O. The molecule has 1 amide bonds. The van der Waals surface area contributed by atoms with E-state index in [2.05, 4.69) is 10.3 Å². The van der Waals surface area contributed by atoms with Gasteiger partial charge in [-0.05, 0) is 19.2 Å². The van der Waals surface area contributed by atoms with Crippen LogP contribution in [0.3, 0.4) is 0 Å². The van der Waals surface area contributed by atoms with Gasteiger partial charge >= 0.3 is 6.18 Å². The van der Waals surface area contributed by atoms with Crippen molar-refractivity contribution >= 4 is 11.7 Å². The molecule has 0 bridgehead atoms. The van der Waals surface area contributed by atoms with Crippen molar-refractivity contribution in [2.24, 2.45) is 11.8 Å². The SMILES string of the molecule is CN1C[C@@H](C(F)(F)F)[C@H](C(=O)Nc2ccc(C#N)cn2)C1. The maximum absolute atomic E-state index is 12.9. The standard InChI is InChI=1S/C13H13F3N4O/c1-20-6-9(10(7-20)13(14,15)16)12(21)19-11-3-2-8(4-17)5-18-11/h2-3,5,9-10H,6-7H2,1H3,(H,18,19,21)/t9-,10-/m1/s1. The molecule has 1 aromatic rings. The number of halogens is 3. The third-order valence-corrected chi connectivity index (χ3v) is 3.40. The Morgan fingerprint density at radius 3 is 2.71 bits per heavy atom. The van der Waals surface area contributed by atoms with E-state index in [1.54, 1.807) is 7.05 Å². The molecule has 0 radical (unpaired) electrons. The number of rotatable bonds is 2. The summed E-state index contributed by atoms with van der Waals surface area (Å²) in [6, 6.07) is 4.69. The van der Waals surface area contributed by atoms with E-state index in [-0.39, 0.29) is 18.9 Å². The predicted molar refractivity (Wildman–Crippen MR) is 68.1 cm³/mol. The monoisotopic (exact) mass is 298 g/mol. The number of hydrogen-bond donors (Lipinski definition) is 1. The Morgan fingerprint density at radius 1 is 1.48 bits per heavy atom. The first-order valence-corrected chi connectivity index (χ1v) is 6.23. The van der Waals surface area contributed by atoms with Crippen LogP contribution in [0.4, 0.5) is 19.0 Å². The van der Waals surface area contributed by atoms with Gasteiger partial charge in [0.25, 0.3) is 0 Å². The van der Waals surface area contributed by atoms with Gasteiger partial charge in [-0.2, -0.15) is 18.4 Å². The summed E-state index contributed by atoms with van der Waals surface area (Å²) in [4.78, 5) is 17.3. The third kappa shape index (κ3) is 3.49. The van der Waals surface area contributed by atoms with Gasteiger partial charge in [-0.1, -0.05) is 0 Å². The molecule has 0 aliphatic carbocycles. The van der Waals surface area contributed by atoms with Crippen LogP contribution in [0.2, 0.25) is 0 Å². The van der Waals surface area contributed by atoms with E-state index in [4.69, 9.17) is 5.26 Å². The van der Waals surface area contributed by atoms with Crippen molar-refractivity contribution < 1.29 is 18.0 Å². The molecule has 1 fully saturated rings. The number of aromatic nitrogens is 1. The minimum absolute atomic E-state index is 0.0479. The van der Waals surface area contributed by atoms with Crippen LogP contribution in [0.1, 0.15) is 5.56 Å². The van der Waals surface area contributed by atoms with Gasteiger partial charge in [0, 0.05) is 19.3 Å². The number of pyridine rings is 1. The number of nitrogens with one attached hydrogen (secondary N) is 1. The molecule has 2 rings (SSSR count). The van der Waals surface area contributed by atoms with Gasteiger partial charge in [-0.25, -0.2) is 4.98 Å². The van der Waals surface area contributed by atoms with E-state index in [0.717, 1.165) is 0 Å². The molecule has 1 N–H and O–H groups in total. The average Bonchev–Trinajstić information content (AvgIpc) is 2.82. The summed E-state index contributed by atoms with van der Waals surface area (Å²) in [6.07, 6.45) is -3.16. The third-order valence-electron chi connectivity index (χ3n) is 3.40. The van der Waals surface area contributed by atoms with Crippen molar-refractivity contribution in [3.05, 3.63) is 23.9 Å². The molecule has 2 heterocycles. The van der Waals surface area contributed by atoms with Gasteiger partial charge in [0.15, 0.2) is 0 Å². The molecule has 1 aromatic heterocycles. The second kappa shape index (κ2) is 5.69. The van der Waals surface area contributed by atoms with Gasteiger partial charge in [0.1, 0.15) is 11.9 Å². The van der Waals surface area contributed by atoms with Crippen LogP contribution < -0.4 is 5.32 Å². The van der Waals surface area contributed by atoms with Crippen molar-refractivity contribution in [2.75, 3.05) is 25.5 Å². The van der Waals surface area contributed by atoms with E-state index < -0.39 is 23.9 Å². The van der Waals surface area contributed by atoms with Crippen LogP contribution in [-0.4, -0.2) is 42.1 Å². The van der Waals surface area contributed by atoms with Crippen LogP contribution in [0.25, 0.3) is 0 Å². The molecule has 1 saturated heterocycles. The number of nitrogens with zero attached hydrogens (tertiary/aromatic N) is 3. The summed E-state index contributed by atoms with van der Waals surface area (Å²) in [7, 11) is 1.55. The van der Waals surface area contributed by atoms with Crippen LogP contribution in [0, 0.1) is 23.2 Å². The normalized spacial score (nSPS) is 22.8. The highest BCUT2D eigenvalue weighted by molar-refractivity contribution is 5.92. The molecule has 5 nitrogen and oxygen atoms in total. The summed E-state index contributed by atoms with van der Waals surface area (Å²) < 4.78 is 38.8. The van der Waals surface area contributed by atoms with Crippen LogP contribution in [0.15, 0.2) is 18.3 Å². The van der Waals surface area contributed by atoms with Crippen molar-refractivity contribution in [3.63, 3.8) is 0 Å². The van der Waals surface area contributed by atoms with E-state index in [9.17, 15) is 18.0 Å². The zero-order valence-electron chi connectivity index (χ0n) is 11.2. The average molecular weight is 298 g/mol. The quantitative estimate of drug-likeness (QED) is 0.901. The molecule has 1 aliphatic rings. The summed E-state index contributed by atoms with van der Waals surface area (Å²) in [5, 5.41) is 11.0. The van der Waals surface area contributed by atoms with E-state index in [0.29, 0.717) is 5.56 Å². The summed E-state index contributed by atoms with van der Waals surface area (Å²) in [5.74, 6) is -3.42. The highest BCUT2D eigenvalue weighted by Gasteiger charge is 2.51. The Bertz CT molecular complexity index is 564. The highest BCUT2D eigenvalue weighted by Crippen LogP contribution is 2.37. The minimum atomic E-state index is -4.41. The van der Waals surface area contributed by atoms with Gasteiger partial charge in [-0.15, -0.1) is 0 Å². The molecule has 2 atom stereocenters. The van der Waals surface area contributed by atoms with Crippen LogP contribution in [0.5, 0.6) is 0 Å². The number of nitriles is 1. The molecule has 0 saturated carbocycles. The fraction of sp³-hybridized carbons (Fsp3) is 0.462. The van der Waals surface area contributed by atoms with Crippen LogP contribution >= 0.6 is 0 Å². The number of likely N-dealkylation sites (tertiary alicyclic amines) is 1. The van der Waals surface area contributed by atoms with E-state index in [1.807, 2.05) is 6.07 Å². The fourth-order valence-corrected chi connectivity index (χ4v) is 2.35. The van der Waals surface area contributed by atoms with Gasteiger partial charge in [0.2, 0.25) is 5.91 Å². The van der Waals surface area contributed by atoms with Gasteiger partial charge in [0.05, 0.1) is 17.4 Å². The number of amides is 1. The van der Waals surface area contributed by atoms with Crippen molar-refractivity contribution in [3.8, 4) is 6.07 Å². The lowest BCUT2D eigenvalue weighted by atomic mass is 9.94. The number of carbonyl (C=O) groups excluding carboxylic acids is 1. The number of anilines is 1. The maximum Gasteiger partial charge on any atom is 0.393 e. The molecule has 0 spiro atoms. The predicted octanol–water partition coefficient (Wildman–Crippen LogP) is 1.63. The zero-order chi connectivity index (χ0) is 15.6. The molecule has 1 aliphatic heterocycles.